The molecule has 0 fully saturated rings. The van der Waals surface area contributed by atoms with Crippen LogP contribution in [0.3, 0.4) is 0 Å². The van der Waals surface area contributed by atoms with E-state index in [2.05, 4.69) is 18.3 Å². The lowest BCUT2D eigenvalue weighted by molar-refractivity contribution is -0.120. The molecule has 0 radical (unpaired) electrons. The topological polar surface area (TPSA) is 87.8 Å². The lowest BCUT2D eigenvalue weighted by Crippen LogP contribution is -2.49. The van der Waals surface area contributed by atoms with Crippen molar-refractivity contribution in [3.63, 3.8) is 0 Å². The second-order valence-electron chi connectivity index (χ2n) is 8.76. The molecule has 0 spiro atoms. The normalized spacial score (nSPS) is 13.2. The van der Waals surface area contributed by atoms with E-state index in [-0.39, 0.29) is 23.1 Å². The smallest absolute Gasteiger partial charge is 0.263 e. The lowest BCUT2D eigenvalue weighted by atomic mass is 9.90. The van der Waals surface area contributed by atoms with Gasteiger partial charge < -0.3 is 5.32 Å². The highest BCUT2D eigenvalue weighted by Crippen LogP contribution is 2.30. The van der Waals surface area contributed by atoms with Crippen molar-refractivity contribution in [3.8, 4) is 6.07 Å². The van der Waals surface area contributed by atoms with Gasteiger partial charge in [0.1, 0.15) is 10.4 Å². The van der Waals surface area contributed by atoms with Crippen LogP contribution >= 0.6 is 23.1 Å². The first-order valence-electron chi connectivity index (χ1n) is 11.0. The van der Waals surface area contributed by atoms with Gasteiger partial charge in [0.05, 0.1) is 23.8 Å². The van der Waals surface area contributed by atoms with Crippen molar-refractivity contribution in [3.05, 3.63) is 56.2 Å². The second-order valence-corrected chi connectivity index (χ2v) is 10.8. The minimum absolute atomic E-state index is 0.0350. The number of thioether (sulfide) groups is 1. The average Bonchev–Trinajstić information content (AvgIpc) is 3.11. The molecule has 1 unspecified atom stereocenters. The molecule has 6 nitrogen and oxygen atoms in total. The minimum atomic E-state index is -0.947. The largest absolute Gasteiger partial charge is 0.337 e. The summed E-state index contributed by atoms with van der Waals surface area (Å²) in [6.07, 6.45) is 0.844. The van der Waals surface area contributed by atoms with Crippen molar-refractivity contribution in [1.29, 1.82) is 5.26 Å². The van der Waals surface area contributed by atoms with E-state index in [0.717, 1.165) is 28.0 Å². The fraction of sp³-hybridized carbons (Fsp3) is 0.440. The summed E-state index contributed by atoms with van der Waals surface area (Å²) in [6.45, 7) is 12.0. The number of hydrogen-bond donors (Lipinski definition) is 1. The molecular formula is C25H30N4O2S2. The summed E-state index contributed by atoms with van der Waals surface area (Å²) >= 11 is 2.77. The number of carbonyl (C=O) groups is 1. The molecule has 2 aromatic heterocycles. The third kappa shape index (κ3) is 5.31. The SMILES string of the molecule is CCc1sc2nc(SCC(=O)NC(C)(C#N)C(C)C)n(Cc3ccc(C)cc3)c(=O)c2c1C. The first kappa shape index (κ1) is 25.0. The molecule has 1 atom stereocenters. The van der Waals surface area contributed by atoms with Gasteiger partial charge in [-0.2, -0.15) is 5.26 Å². The maximum Gasteiger partial charge on any atom is 0.263 e. The number of amides is 1. The van der Waals surface area contributed by atoms with Gasteiger partial charge in [0.25, 0.3) is 5.56 Å². The monoisotopic (exact) mass is 482 g/mol. The highest BCUT2D eigenvalue weighted by Gasteiger charge is 2.30. The molecule has 1 aromatic carbocycles. The minimum Gasteiger partial charge on any atom is -0.337 e. The van der Waals surface area contributed by atoms with Gasteiger partial charge in [0.2, 0.25) is 5.91 Å². The molecule has 8 heteroatoms. The van der Waals surface area contributed by atoms with Crippen LogP contribution in [0.25, 0.3) is 10.2 Å². The third-order valence-electron chi connectivity index (χ3n) is 6.01. The summed E-state index contributed by atoms with van der Waals surface area (Å²) in [5.41, 5.74) is 2.11. The van der Waals surface area contributed by atoms with Crippen molar-refractivity contribution < 1.29 is 4.79 Å². The molecule has 3 rings (SSSR count). The molecule has 0 aliphatic carbocycles. The van der Waals surface area contributed by atoms with Gasteiger partial charge in [-0.15, -0.1) is 11.3 Å². The highest BCUT2D eigenvalue weighted by atomic mass is 32.2. The summed E-state index contributed by atoms with van der Waals surface area (Å²) in [5.74, 6) is -0.223. The fourth-order valence-corrected chi connectivity index (χ4v) is 5.42. The van der Waals surface area contributed by atoms with Crippen molar-refractivity contribution >= 4 is 39.2 Å². The van der Waals surface area contributed by atoms with Crippen molar-refractivity contribution in [1.82, 2.24) is 14.9 Å². The summed E-state index contributed by atoms with van der Waals surface area (Å²) in [5, 5.41) is 13.5. The molecule has 2 heterocycles. The van der Waals surface area contributed by atoms with Crippen LogP contribution in [0.15, 0.2) is 34.2 Å². The Labute approximate surface area is 203 Å². The maximum atomic E-state index is 13.6. The van der Waals surface area contributed by atoms with Gasteiger partial charge in [-0.25, -0.2) is 4.98 Å². The summed E-state index contributed by atoms with van der Waals surface area (Å²) in [4.78, 5) is 32.9. The van der Waals surface area contributed by atoms with E-state index in [4.69, 9.17) is 4.98 Å². The number of fused-ring (bicyclic) bond motifs is 1. The number of nitriles is 1. The van der Waals surface area contributed by atoms with E-state index < -0.39 is 5.54 Å². The van der Waals surface area contributed by atoms with E-state index in [1.807, 2.05) is 52.0 Å². The highest BCUT2D eigenvalue weighted by molar-refractivity contribution is 7.99. The van der Waals surface area contributed by atoms with E-state index in [0.29, 0.717) is 21.9 Å². The van der Waals surface area contributed by atoms with Crippen molar-refractivity contribution in [2.24, 2.45) is 5.92 Å². The number of benzene rings is 1. The number of thiophene rings is 1. The van der Waals surface area contributed by atoms with Crippen LogP contribution in [0.4, 0.5) is 0 Å². The van der Waals surface area contributed by atoms with Gasteiger partial charge in [-0.3, -0.25) is 14.2 Å². The van der Waals surface area contributed by atoms with Crippen LogP contribution in [0.5, 0.6) is 0 Å². The Bertz CT molecular complexity index is 1270. The van der Waals surface area contributed by atoms with E-state index in [1.165, 1.54) is 23.1 Å². The number of hydrogen-bond acceptors (Lipinski definition) is 6. The zero-order chi connectivity index (χ0) is 24.3. The quantitative estimate of drug-likeness (QED) is 0.367. The number of nitrogens with one attached hydrogen (secondary N) is 1. The Hall–Kier alpha value is -2.63. The standard InChI is InChI=1S/C25H30N4O2S2/c1-7-19-17(5)21-22(33-19)27-24(32-13-20(30)28-25(6,14-26)15(2)3)29(23(21)31)12-18-10-8-16(4)9-11-18/h8-11,15H,7,12-13H2,1-6H3,(H,28,30). The first-order valence-corrected chi connectivity index (χ1v) is 12.8. The zero-order valence-electron chi connectivity index (χ0n) is 20.0. The summed E-state index contributed by atoms with van der Waals surface area (Å²) in [7, 11) is 0. The van der Waals surface area contributed by atoms with Crippen LogP contribution in [0, 0.1) is 31.1 Å². The van der Waals surface area contributed by atoms with Crippen molar-refractivity contribution in [2.75, 3.05) is 5.75 Å². The van der Waals surface area contributed by atoms with Gasteiger partial charge >= 0.3 is 0 Å². The van der Waals surface area contributed by atoms with Gasteiger partial charge in [-0.1, -0.05) is 62.4 Å². The molecule has 33 heavy (non-hydrogen) atoms. The van der Waals surface area contributed by atoms with Gasteiger partial charge in [0, 0.05) is 4.88 Å². The lowest BCUT2D eigenvalue weighted by Gasteiger charge is -2.27. The van der Waals surface area contributed by atoms with Crippen LogP contribution in [0.2, 0.25) is 0 Å². The summed E-state index contributed by atoms with van der Waals surface area (Å²) < 4.78 is 1.66. The number of rotatable bonds is 8. The molecular weight excluding hydrogens is 452 g/mol. The Kier molecular flexibility index (Phi) is 7.65. The Morgan fingerprint density at radius 1 is 1.30 bits per heavy atom. The van der Waals surface area contributed by atoms with E-state index >= 15 is 0 Å². The maximum absolute atomic E-state index is 13.6. The Morgan fingerprint density at radius 2 is 1.97 bits per heavy atom. The number of aromatic nitrogens is 2. The van der Waals surface area contributed by atoms with E-state index in [9.17, 15) is 14.9 Å². The first-order chi connectivity index (χ1) is 15.6. The van der Waals surface area contributed by atoms with Crippen LogP contribution in [0.1, 0.15) is 49.3 Å². The van der Waals surface area contributed by atoms with Crippen LogP contribution in [-0.2, 0) is 17.8 Å². The third-order valence-corrected chi connectivity index (χ3v) is 8.32. The second kappa shape index (κ2) is 10.1. The number of aryl methyl sites for hydroxylation is 3. The molecule has 1 amide bonds. The van der Waals surface area contributed by atoms with Gasteiger partial charge in [0.15, 0.2) is 5.16 Å². The fourth-order valence-electron chi connectivity index (χ4n) is 3.46. The molecule has 0 bridgehead atoms. The Balaban J connectivity index is 1.98. The zero-order valence-corrected chi connectivity index (χ0v) is 21.6. The van der Waals surface area contributed by atoms with Crippen LogP contribution < -0.4 is 10.9 Å². The van der Waals surface area contributed by atoms with Gasteiger partial charge in [-0.05, 0) is 44.2 Å². The number of carbonyl (C=O) groups excluding carboxylic acids is 1. The average molecular weight is 483 g/mol. The molecule has 1 N–H and O–H groups in total. The molecule has 174 valence electrons. The molecule has 0 saturated heterocycles. The predicted octanol–water partition coefficient (Wildman–Crippen LogP) is 4.83. The van der Waals surface area contributed by atoms with Crippen LogP contribution in [-0.4, -0.2) is 26.8 Å². The Morgan fingerprint density at radius 3 is 2.55 bits per heavy atom. The number of nitrogens with zero attached hydrogens (tertiary/aromatic N) is 3. The van der Waals surface area contributed by atoms with Crippen molar-refractivity contribution in [2.45, 2.75) is 65.2 Å². The molecule has 0 aliphatic rings. The van der Waals surface area contributed by atoms with E-state index in [1.54, 1.807) is 11.5 Å². The molecule has 0 aliphatic heterocycles. The molecule has 3 aromatic rings. The molecule has 0 saturated carbocycles. The summed E-state index contributed by atoms with van der Waals surface area (Å²) in [6, 6.07) is 10.2. The predicted molar refractivity (Wildman–Crippen MR) is 136 cm³/mol.